The summed E-state index contributed by atoms with van der Waals surface area (Å²) in [6.07, 6.45) is -0.718. The fraction of sp³-hybridized carbons (Fsp3) is 0.333. The first kappa shape index (κ1) is 28.7. The number of carbonyl (C=O) groups excluding carboxylic acids is 3. The van der Waals surface area contributed by atoms with Crippen LogP contribution in [0.5, 0.6) is 5.88 Å². The molecule has 0 bridgehead atoms. The van der Waals surface area contributed by atoms with E-state index in [1.165, 1.54) is 13.1 Å². The van der Waals surface area contributed by atoms with Gasteiger partial charge >= 0.3 is 11.9 Å². The molecule has 1 amide bonds. The minimum Gasteiger partial charge on any atom is -0.493 e. The zero-order valence-electron chi connectivity index (χ0n) is 21.1. The molecule has 2 atom stereocenters. The summed E-state index contributed by atoms with van der Waals surface area (Å²) in [6.45, 7) is 1.20. The topological polar surface area (TPSA) is 140 Å². The third-order valence-electron chi connectivity index (χ3n) is 5.67. The lowest BCUT2D eigenvalue weighted by molar-refractivity contribution is -0.173. The quantitative estimate of drug-likeness (QED) is 0.233. The maximum atomic E-state index is 12.8. The number of hydrogen-bond acceptors (Lipinski definition) is 8. The summed E-state index contributed by atoms with van der Waals surface area (Å²) >= 11 is 6.09. The maximum Gasteiger partial charge on any atom is 0.337 e. The number of halogens is 1. The van der Waals surface area contributed by atoms with Crippen molar-refractivity contribution in [3.05, 3.63) is 70.9 Å². The number of aliphatic hydroxyl groups excluding tert-OH is 1. The molecule has 2 aromatic carbocycles. The minimum atomic E-state index is -1.59. The number of amides is 1. The summed E-state index contributed by atoms with van der Waals surface area (Å²) in [4.78, 5) is 36.5. The van der Waals surface area contributed by atoms with Crippen LogP contribution >= 0.6 is 11.6 Å². The van der Waals surface area contributed by atoms with Crippen molar-refractivity contribution in [1.82, 2.24) is 15.1 Å². The monoisotopic (exact) mass is 543 g/mol. The highest BCUT2D eigenvalue weighted by Gasteiger charge is 2.25. The summed E-state index contributed by atoms with van der Waals surface area (Å²) in [6, 6.07) is 15.5. The molecular weight excluding hydrogens is 514 g/mol. The first-order valence-electron chi connectivity index (χ1n) is 12.0. The molecule has 0 saturated heterocycles. The molecule has 0 aliphatic carbocycles. The lowest BCUT2D eigenvalue weighted by atomic mass is 9.97. The summed E-state index contributed by atoms with van der Waals surface area (Å²) in [7, 11) is 1.48. The van der Waals surface area contributed by atoms with E-state index in [2.05, 4.69) is 10.4 Å². The van der Waals surface area contributed by atoms with Gasteiger partial charge in [0.15, 0.2) is 11.8 Å². The van der Waals surface area contributed by atoms with Gasteiger partial charge in [-0.2, -0.15) is 5.10 Å². The number of aromatic hydroxyl groups is 1. The Morgan fingerprint density at radius 3 is 2.45 bits per heavy atom. The third kappa shape index (κ3) is 8.32. The minimum absolute atomic E-state index is 0.0220. The Balaban J connectivity index is 1.69. The number of hydrogen-bond donors (Lipinski definition) is 3. The third-order valence-corrected chi connectivity index (χ3v) is 5.91. The second kappa shape index (κ2) is 13.6. The van der Waals surface area contributed by atoms with E-state index < -0.39 is 36.8 Å². The highest BCUT2D eigenvalue weighted by atomic mass is 35.5. The Kier molecular flexibility index (Phi) is 10.3. The Morgan fingerprint density at radius 2 is 1.82 bits per heavy atom. The van der Waals surface area contributed by atoms with Crippen molar-refractivity contribution in [1.29, 1.82) is 0 Å². The van der Waals surface area contributed by atoms with E-state index in [0.717, 1.165) is 21.4 Å². The van der Waals surface area contributed by atoms with Gasteiger partial charge in [0.25, 0.3) is 5.91 Å². The van der Waals surface area contributed by atoms with Crippen molar-refractivity contribution in [2.24, 2.45) is 7.05 Å². The second-order valence-electron chi connectivity index (χ2n) is 8.69. The van der Waals surface area contributed by atoms with Crippen LogP contribution in [0.15, 0.2) is 54.6 Å². The fourth-order valence-corrected chi connectivity index (χ4v) is 3.89. The zero-order valence-corrected chi connectivity index (χ0v) is 21.9. The Morgan fingerprint density at radius 1 is 1.08 bits per heavy atom. The molecule has 0 fully saturated rings. The lowest BCUT2D eigenvalue weighted by Gasteiger charge is -2.21. The summed E-state index contributed by atoms with van der Waals surface area (Å²) in [5.41, 5.74) is 2.70. The number of nitrogens with one attached hydrogen (secondary N) is 1. The van der Waals surface area contributed by atoms with Gasteiger partial charge in [0.2, 0.25) is 12.7 Å². The summed E-state index contributed by atoms with van der Waals surface area (Å²) < 4.78 is 10.8. The molecule has 11 heteroatoms. The highest BCUT2D eigenvalue weighted by molar-refractivity contribution is 6.30. The molecule has 0 spiro atoms. The van der Waals surface area contributed by atoms with Gasteiger partial charge in [-0.3, -0.25) is 9.59 Å². The first-order valence-corrected chi connectivity index (χ1v) is 12.4. The van der Waals surface area contributed by atoms with Crippen LogP contribution in [0.2, 0.25) is 5.02 Å². The van der Waals surface area contributed by atoms with Crippen molar-refractivity contribution < 1.29 is 34.1 Å². The van der Waals surface area contributed by atoms with E-state index in [-0.39, 0.29) is 30.8 Å². The van der Waals surface area contributed by atoms with E-state index in [1.54, 1.807) is 6.07 Å². The molecule has 1 heterocycles. The van der Waals surface area contributed by atoms with E-state index >= 15 is 0 Å². The van der Waals surface area contributed by atoms with Gasteiger partial charge in [0.05, 0.1) is 0 Å². The van der Waals surface area contributed by atoms with Gasteiger partial charge in [-0.1, -0.05) is 54.9 Å². The van der Waals surface area contributed by atoms with Crippen molar-refractivity contribution in [2.45, 2.75) is 44.8 Å². The number of rotatable bonds is 12. The van der Waals surface area contributed by atoms with Crippen LogP contribution < -0.4 is 5.32 Å². The van der Waals surface area contributed by atoms with E-state index in [1.807, 2.05) is 49.4 Å². The Hall–Kier alpha value is -3.89. The van der Waals surface area contributed by atoms with Crippen LogP contribution in [-0.2, 0) is 32.5 Å². The maximum absolute atomic E-state index is 12.8. The molecule has 202 valence electrons. The average Bonchev–Trinajstić information content (AvgIpc) is 3.22. The molecular formula is C27H30ClN3O7. The van der Waals surface area contributed by atoms with Crippen molar-refractivity contribution in [2.75, 3.05) is 6.79 Å². The van der Waals surface area contributed by atoms with Crippen LogP contribution in [0.4, 0.5) is 0 Å². The van der Waals surface area contributed by atoms with Crippen molar-refractivity contribution >= 4 is 29.4 Å². The number of aliphatic hydroxyl groups is 1. The van der Waals surface area contributed by atoms with Gasteiger partial charge in [-0.15, -0.1) is 0 Å². The van der Waals surface area contributed by atoms with Gasteiger partial charge in [-0.05, 0) is 41.7 Å². The Bertz CT molecular complexity index is 1240. The number of esters is 2. The molecule has 1 aromatic heterocycles. The summed E-state index contributed by atoms with van der Waals surface area (Å²) in [5.74, 6) is -2.28. The Labute approximate surface area is 225 Å². The number of nitrogens with zero attached hydrogens (tertiary/aromatic N) is 2. The van der Waals surface area contributed by atoms with Crippen molar-refractivity contribution in [3.8, 4) is 17.0 Å². The molecule has 38 heavy (non-hydrogen) atoms. The summed E-state index contributed by atoms with van der Waals surface area (Å²) in [5, 5.41) is 27.5. The number of benzene rings is 2. The normalized spacial score (nSPS) is 12.4. The van der Waals surface area contributed by atoms with Crippen LogP contribution in [0.25, 0.3) is 11.1 Å². The number of aromatic nitrogens is 2. The lowest BCUT2D eigenvalue weighted by Crippen LogP contribution is -2.41. The van der Waals surface area contributed by atoms with Gasteiger partial charge in [0.1, 0.15) is 0 Å². The molecule has 3 N–H and O–H groups in total. The van der Waals surface area contributed by atoms with E-state index in [9.17, 15) is 24.6 Å². The fourth-order valence-electron chi connectivity index (χ4n) is 3.70. The molecule has 0 aliphatic heterocycles. The van der Waals surface area contributed by atoms with Gasteiger partial charge in [-0.25, -0.2) is 9.48 Å². The molecule has 0 radical (unpaired) electrons. The number of carbonyl (C=O) groups is 3. The SMILES string of the molecule is CCCC(=O)OCOC(=O)[C@H](O)C[C@@H](Cc1ccc(-c2cccc(Cl)c2)cc1)NC(=O)c1cc(O)n(C)n1. The van der Waals surface area contributed by atoms with E-state index in [0.29, 0.717) is 11.4 Å². The van der Waals surface area contributed by atoms with Crippen molar-refractivity contribution in [3.63, 3.8) is 0 Å². The second-order valence-corrected chi connectivity index (χ2v) is 9.13. The number of ether oxygens (including phenoxy) is 2. The predicted octanol–water partition coefficient (Wildman–Crippen LogP) is 3.38. The highest BCUT2D eigenvalue weighted by Crippen LogP contribution is 2.23. The molecule has 3 rings (SSSR count). The predicted molar refractivity (Wildman–Crippen MR) is 139 cm³/mol. The van der Waals surface area contributed by atoms with Crippen LogP contribution in [0.3, 0.4) is 0 Å². The average molecular weight is 544 g/mol. The standard InChI is InChI=1S/C27H30ClN3O7/c1-3-5-25(34)37-16-38-27(36)23(32)14-21(29-26(35)22-15-24(33)31(2)30-22)12-17-8-10-18(11-9-17)19-6-4-7-20(28)13-19/h4,6-11,13,15,21,23,32-33H,3,5,12,14,16H2,1-2H3,(H,29,35)/t21-,23-/m1/s1. The molecule has 0 unspecified atom stereocenters. The van der Waals surface area contributed by atoms with Crippen LogP contribution in [0, 0.1) is 0 Å². The smallest absolute Gasteiger partial charge is 0.337 e. The largest absolute Gasteiger partial charge is 0.493 e. The number of aryl methyl sites for hydroxylation is 1. The molecule has 10 nitrogen and oxygen atoms in total. The van der Waals surface area contributed by atoms with Crippen LogP contribution in [0.1, 0.15) is 42.2 Å². The zero-order chi connectivity index (χ0) is 27.7. The van der Waals surface area contributed by atoms with E-state index in [4.69, 9.17) is 21.1 Å². The molecule has 0 saturated carbocycles. The first-order chi connectivity index (χ1) is 18.2. The van der Waals surface area contributed by atoms with Gasteiger partial charge in [0, 0.05) is 37.0 Å². The van der Waals surface area contributed by atoms with Crippen LogP contribution in [-0.4, -0.2) is 56.8 Å². The molecule has 3 aromatic rings. The molecule has 0 aliphatic rings. The van der Waals surface area contributed by atoms with Gasteiger partial charge < -0.3 is 25.0 Å².